The zero-order valence-corrected chi connectivity index (χ0v) is 13.2. The minimum Gasteiger partial charge on any atom is -0.466 e. The second-order valence-corrected chi connectivity index (χ2v) is 6.59. The molecule has 0 amide bonds. The summed E-state index contributed by atoms with van der Waals surface area (Å²) in [4.78, 5) is 11.9. The van der Waals surface area contributed by atoms with Crippen molar-refractivity contribution in [1.29, 1.82) is 0 Å². The first kappa shape index (κ1) is 15.5. The Balaban J connectivity index is 1.70. The zero-order chi connectivity index (χ0) is 15.2. The van der Waals surface area contributed by atoms with Crippen LogP contribution < -0.4 is 0 Å². The molecular formula is C19H26O3. The molecule has 3 nitrogen and oxygen atoms in total. The van der Waals surface area contributed by atoms with E-state index in [0.29, 0.717) is 18.9 Å². The highest BCUT2D eigenvalue weighted by atomic mass is 16.5. The lowest BCUT2D eigenvalue weighted by Crippen LogP contribution is -2.34. The molecule has 2 aliphatic rings. The van der Waals surface area contributed by atoms with Crippen molar-refractivity contribution in [3.63, 3.8) is 0 Å². The van der Waals surface area contributed by atoms with Crippen LogP contribution in [0.5, 0.6) is 0 Å². The van der Waals surface area contributed by atoms with E-state index in [9.17, 15) is 4.79 Å². The Labute approximate surface area is 133 Å². The van der Waals surface area contributed by atoms with Gasteiger partial charge in [0.1, 0.15) is 0 Å². The van der Waals surface area contributed by atoms with Gasteiger partial charge in [0, 0.05) is 0 Å². The van der Waals surface area contributed by atoms with E-state index >= 15 is 0 Å². The number of carbonyl (C=O) groups is 1. The standard InChI is InChI=1S/C19H26O3/c20-19-14-18-13-16(15-8-4-3-5-9-15)12-17(22-18)10-6-1-2-7-11-21-19/h3-5,8-9,16-18H,1-2,6-7,10-14H2/t16-,17-,18+/m0/s1. The third-order valence-corrected chi connectivity index (χ3v) is 4.83. The number of ether oxygens (including phenoxy) is 2. The highest BCUT2D eigenvalue weighted by Gasteiger charge is 2.31. The smallest absolute Gasteiger partial charge is 0.308 e. The number of carbonyl (C=O) groups excluding carboxylic acids is 1. The number of hydrogen-bond acceptors (Lipinski definition) is 3. The van der Waals surface area contributed by atoms with Crippen molar-refractivity contribution in [2.75, 3.05) is 6.61 Å². The number of cyclic esters (lactones) is 1. The Bertz CT molecular complexity index is 471. The van der Waals surface area contributed by atoms with Gasteiger partial charge < -0.3 is 9.47 Å². The third kappa shape index (κ3) is 4.33. The van der Waals surface area contributed by atoms with Crippen LogP contribution in [0.1, 0.15) is 62.8 Å². The predicted octanol–water partition coefficient (Wildman–Crippen LogP) is 4.22. The SMILES string of the molecule is O=C1C[C@H]2C[C@@H](c3ccccc3)C[C@H](CCCCCCO1)O2. The van der Waals surface area contributed by atoms with Crippen LogP contribution in [0.3, 0.4) is 0 Å². The maximum absolute atomic E-state index is 11.9. The summed E-state index contributed by atoms with van der Waals surface area (Å²) in [5.74, 6) is 0.402. The van der Waals surface area contributed by atoms with Crippen LogP contribution in [-0.4, -0.2) is 24.8 Å². The molecule has 3 atom stereocenters. The van der Waals surface area contributed by atoms with Crippen LogP contribution in [0.15, 0.2) is 30.3 Å². The largest absolute Gasteiger partial charge is 0.466 e. The lowest BCUT2D eigenvalue weighted by Gasteiger charge is -2.36. The summed E-state index contributed by atoms with van der Waals surface area (Å²) in [6, 6.07) is 10.7. The molecule has 1 aromatic carbocycles. The summed E-state index contributed by atoms with van der Waals surface area (Å²) < 4.78 is 11.5. The van der Waals surface area contributed by atoms with Crippen molar-refractivity contribution in [2.45, 2.75) is 69.5 Å². The molecule has 0 unspecified atom stereocenters. The topological polar surface area (TPSA) is 35.5 Å². The van der Waals surface area contributed by atoms with Crippen molar-refractivity contribution >= 4 is 5.97 Å². The van der Waals surface area contributed by atoms with Gasteiger partial charge in [-0.25, -0.2) is 0 Å². The molecule has 0 spiro atoms. The third-order valence-electron chi connectivity index (χ3n) is 4.83. The predicted molar refractivity (Wildman–Crippen MR) is 85.7 cm³/mol. The van der Waals surface area contributed by atoms with Gasteiger partial charge in [-0.1, -0.05) is 49.6 Å². The van der Waals surface area contributed by atoms with Gasteiger partial charge >= 0.3 is 5.97 Å². The number of esters is 1. The van der Waals surface area contributed by atoms with Gasteiger partial charge in [0.05, 0.1) is 25.2 Å². The van der Waals surface area contributed by atoms with Crippen LogP contribution >= 0.6 is 0 Å². The van der Waals surface area contributed by atoms with Gasteiger partial charge in [-0.15, -0.1) is 0 Å². The van der Waals surface area contributed by atoms with Crippen molar-refractivity contribution in [3.05, 3.63) is 35.9 Å². The van der Waals surface area contributed by atoms with Crippen molar-refractivity contribution in [1.82, 2.24) is 0 Å². The monoisotopic (exact) mass is 302 g/mol. The molecule has 0 aromatic heterocycles. The number of hydrogen-bond donors (Lipinski definition) is 0. The maximum Gasteiger partial charge on any atom is 0.308 e. The van der Waals surface area contributed by atoms with E-state index in [0.717, 1.165) is 32.1 Å². The highest BCUT2D eigenvalue weighted by Crippen LogP contribution is 2.36. The Morgan fingerprint density at radius 2 is 1.68 bits per heavy atom. The Hall–Kier alpha value is -1.35. The Kier molecular flexibility index (Phi) is 5.49. The van der Waals surface area contributed by atoms with E-state index in [1.165, 1.54) is 18.4 Å². The first-order valence-electron chi connectivity index (χ1n) is 8.67. The summed E-state index contributed by atoms with van der Waals surface area (Å²) >= 11 is 0. The van der Waals surface area contributed by atoms with Crippen LogP contribution in [0.25, 0.3) is 0 Å². The van der Waals surface area contributed by atoms with Gasteiger partial charge in [0.2, 0.25) is 0 Å². The molecule has 2 bridgehead atoms. The van der Waals surface area contributed by atoms with Crippen molar-refractivity contribution < 1.29 is 14.3 Å². The first-order valence-corrected chi connectivity index (χ1v) is 8.67. The van der Waals surface area contributed by atoms with E-state index < -0.39 is 0 Å². The minimum atomic E-state index is -0.0990. The summed E-state index contributed by atoms with van der Waals surface area (Å²) in [7, 11) is 0. The van der Waals surface area contributed by atoms with Crippen LogP contribution in [0.4, 0.5) is 0 Å². The summed E-state index contributed by atoms with van der Waals surface area (Å²) in [5.41, 5.74) is 1.38. The molecule has 120 valence electrons. The normalized spacial score (nSPS) is 30.7. The maximum atomic E-state index is 11.9. The summed E-state index contributed by atoms with van der Waals surface area (Å²) in [5, 5.41) is 0. The molecule has 2 heterocycles. The molecule has 0 radical (unpaired) electrons. The fourth-order valence-corrected chi connectivity index (χ4v) is 3.69. The highest BCUT2D eigenvalue weighted by molar-refractivity contribution is 5.70. The average Bonchev–Trinajstić information content (AvgIpc) is 2.53. The molecule has 2 fully saturated rings. The Morgan fingerprint density at radius 3 is 2.55 bits per heavy atom. The molecule has 2 aliphatic heterocycles. The number of rotatable bonds is 1. The second kappa shape index (κ2) is 7.77. The lowest BCUT2D eigenvalue weighted by atomic mass is 9.83. The van der Waals surface area contributed by atoms with Gasteiger partial charge in [-0.05, 0) is 37.2 Å². The summed E-state index contributed by atoms with van der Waals surface area (Å²) in [6.45, 7) is 0.567. The molecule has 3 heteroatoms. The van der Waals surface area contributed by atoms with Crippen LogP contribution in [-0.2, 0) is 14.3 Å². The van der Waals surface area contributed by atoms with Crippen molar-refractivity contribution in [3.8, 4) is 0 Å². The van der Waals surface area contributed by atoms with Gasteiger partial charge in [-0.2, -0.15) is 0 Å². The first-order chi connectivity index (χ1) is 10.8. The minimum absolute atomic E-state index is 0.0101. The second-order valence-electron chi connectivity index (χ2n) is 6.59. The molecule has 22 heavy (non-hydrogen) atoms. The van der Waals surface area contributed by atoms with E-state index in [2.05, 4.69) is 30.3 Å². The van der Waals surface area contributed by atoms with Gasteiger partial charge in [0.25, 0.3) is 0 Å². The Morgan fingerprint density at radius 1 is 0.909 bits per heavy atom. The quantitative estimate of drug-likeness (QED) is 0.729. The van der Waals surface area contributed by atoms with E-state index in [4.69, 9.17) is 9.47 Å². The van der Waals surface area contributed by atoms with Gasteiger partial charge in [-0.3, -0.25) is 4.79 Å². The number of benzene rings is 1. The van der Waals surface area contributed by atoms with Crippen molar-refractivity contribution in [2.24, 2.45) is 0 Å². The fourth-order valence-electron chi connectivity index (χ4n) is 3.69. The van der Waals surface area contributed by atoms with Crippen LogP contribution in [0.2, 0.25) is 0 Å². The molecule has 1 aromatic rings. The van der Waals surface area contributed by atoms with E-state index in [-0.39, 0.29) is 18.2 Å². The molecule has 0 saturated carbocycles. The lowest BCUT2D eigenvalue weighted by molar-refractivity contribution is -0.150. The summed E-state index contributed by atoms with van der Waals surface area (Å²) in [6.07, 6.45) is 8.39. The molecule has 0 N–H and O–H groups in total. The zero-order valence-electron chi connectivity index (χ0n) is 13.2. The fraction of sp³-hybridized carbons (Fsp3) is 0.632. The van der Waals surface area contributed by atoms with Crippen LogP contribution in [0, 0.1) is 0 Å². The molecule has 2 saturated heterocycles. The average molecular weight is 302 g/mol. The molecule has 3 rings (SSSR count). The number of fused-ring (bicyclic) bond motifs is 2. The molecular weight excluding hydrogens is 276 g/mol. The van der Waals surface area contributed by atoms with E-state index in [1.54, 1.807) is 0 Å². The van der Waals surface area contributed by atoms with Gasteiger partial charge in [0.15, 0.2) is 0 Å². The molecule has 0 aliphatic carbocycles. The van der Waals surface area contributed by atoms with E-state index in [1.807, 2.05) is 0 Å².